The lowest BCUT2D eigenvalue weighted by molar-refractivity contribution is -0.137. The summed E-state index contributed by atoms with van der Waals surface area (Å²) in [5, 5.41) is 0. The molecule has 0 aliphatic rings. The quantitative estimate of drug-likeness (QED) is 0.815. The lowest BCUT2D eigenvalue weighted by Gasteiger charge is -2.13. The molecule has 0 aliphatic heterocycles. The fourth-order valence-electron chi connectivity index (χ4n) is 1.46. The van der Waals surface area contributed by atoms with Crippen molar-refractivity contribution in [3.8, 4) is 5.75 Å². The number of benzene rings is 1. The molecule has 0 amide bonds. The molecular weight excluding hydrogens is 233 g/mol. The Balaban J connectivity index is 3.14. The summed E-state index contributed by atoms with van der Waals surface area (Å²) in [4.78, 5) is 11.0. The van der Waals surface area contributed by atoms with Gasteiger partial charge in [0, 0.05) is 12.0 Å². The van der Waals surface area contributed by atoms with E-state index in [9.17, 15) is 18.0 Å². The van der Waals surface area contributed by atoms with Gasteiger partial charge in [0.2, 0.25) is 0 Å². The minimum atomic E-state index is -4.41. The third-order valence-electron chi connectivity index (χ3n) is 2.13. The van der Waals surface area contributed by atoms with E-state index in [0.29, 0.717) is 12.4 Å². The van der Waals surface area contributed by atoms with Crippen LogP contribution in [-0.2, 0) is 17.4 Å². The van der Waals surface area contributed by atoms with E-state index < -0.39 is 11.7 Å². The molecule has 94 valence electrons. The zero-order valence-electron chi connectivity index (χ0n) is 9.60. The first kappa shape index (κ1) is 13.5. The van der Waals surface area contributed by atoms with E-state index in [0.717, 1.165) is 12.1 Å². The van der Waals surface area contributed by atoms with Crippen LogP contribution in [-0.4, -0.2) is 12.4 Å². The fourth-order valence-corrected chi connectivity index (χ4v) is 1.46. The first-order chi connectivity index (χ1) is 7.84. The molecule has 1 rings (SSSR count). The number of alkyl halides is 3. The van der Waals surface area contributed by atoms with Crippen molar-refractivity contribution in [2.24, 2.45) is 0 Å². The van der Waals surface area contributed by atoms with E-state index in [1.54, 1.807) is 6.92 Å². The predicted octanol–water partition coefficient (Wildman–Crippen LogP) is 3.24. The highest BCUT2D eigenvalue weighted by Gasteiger charge is 2.31. The van der Waals surface area contributed by atoms with Gasteiger partial charge in [-0.15, -0.1) is 0 Å². The van der Waals surface area contributed by atoms with E-state index >= 15 is 0 Å². The highest BCUT2D eigenvalue weighted by atomic mass is 19.4. The molecule has 0 unspecified atom stereocenters. The van der Waals surface area contributed by atoms with Crippen LogP contribution in [0.25, 0.3) is 0 Å². The maximum absolute atomic E-state index is 12.5. The number of hydrogen-bond acceptors (Lipinski definition) is 2. The normalized spacial score (nSPS) is 11.4. The van der Waals surface area contributed by atoms with Crippen LogP contribution in [0.15, 0.2) is 18.2 Å². The van der Waals surface area contributed by atoms with E-state index in [1.807, 2.05) is 0 Å². The summed E-state index contributed by atoms with van der Waals surface area (Å²) < 4.78 is 42.7. The molecule has 0 saturated heterocycles. The van der Waals surface area contributed by atoms with Crippen molar-refractivity contribution < 1.29 is 22.7 Å². The van der Waals surface area contributed by atoms with Gasteiger partial charge in [-0.1, -0.05) is 0 Å². The van der Waals surface area contributed by atoms with Gasteiger partial charge in [0.05, 0.1) is 12.2 Å². The monoisotopic (exact) mass is 246 g/mol. The summed E-state index contributed by atoms with van der Waals surface area (Å²) in [6.07, 6.45) is -4.46. The van der Waals surface area contributed by atoms with Crippen LogP contribution in [0.1, 0.15) is 25.0 Å². The number of ether oxygens (including phenoxy) is 1. The Kier molecular flexibility index (Phi) is 4.15. The standard InChI is InChI=1S/C12H13F3O2/c1-3-17-11-5-4-10(12(13,14)15)7-9(11)6-8(2)16/h4-5,7H,3,6H2,1-2H3. The highest BCUT2D eigenvalue weighted by Crippen LogP contribution is 2.32. The molecule has 0 spiro atoms. The number of carbonyl (C=O) groups is 1. The molecule has 1 aromatic rings. The number of halogens is 3. The van der Waals surface area contributed by atoms with Gasteiger partial charge in [0.15, 0.2) is 0 Å². The SMILES string of the molecule is CCOc1ccc(C(F)(F)F)cc1CC(C)=O. The van der Waals surface area contributed by atoms with Crippen molar-refractivity contribution in [2.75, 3.05) is 6.61 Å². The van der Waals surface area contributed by atoms with Gasteiger partial charge >= 0.3 is 6.18 Å². The zero-order chi connectivity index (χ0) is 13.1. The summed E-state index contributed by atoms with van der Waals surface area (Å²) in [5.41, 5.74) is -0.494. The number of carbonyl (C=O) groups excluding carboxylic acids is 1. The molecule has 0 aliphatic carbocycles. The van der Waals surface area contributed by atoms with Crippen molar-refractivity contribution >= 4 is 5.78 Å². The van der Waals surface area contributed by atoms with Crippen LogP contribution in [0.5, 0.6) is 5.75 Å². The molecular formula is C12H13F3O2. The number of Topliss-reactive ketones (excluding diaryl/α,β-unsaturated/α-hetero) is 1. The molecule has 0 atom stereocenters. The molecule has 0 heterocycles. The summed E-state index contributed by atoms with van der Waals surface area (Å²) in [6, 6.07) is 3.17. The van der Waals surface area contributed by atoms with Gasteiger partial charge in [0.25, 0.3) is 0 Å². The molecule has 0 bridgehead atoms. The van der Waals surface area contributed by atoms with E-state index in [4.69, 9.17) is 4.74 Å². The second kappa shape index (κ2) is 5.21. The maximum atomic E-state index is 12.5. The lowest BCUT2D eigenvalue weighted by Crippen LogP contribution is -2.08. The summed E-state index contributed by atoms with van der Waals surface area (Å²) in [5.74, 6) is 0.126. The molecule has 0 radical (unpaired) electrons. The van der Waals surface area contributed by atoms with E-state index in [1.165, 1.54) is 13.0 Å². The highest BCUT2D eigenvalue weighted by molar-refractivity contribution is 5.79. The summed E-state index contributed by atoms with van der Waals surface area (Å²) >= 11 is 0. The van der Waals surface area contributed by atoms with Gasteiger partial charge in [-0.05, 0) is 32.0 Å². The number of ketones is 1. The summed E-state index contributed by atoms with van der Waals surface area (Å²) in [7, 11) is 0. The Morgan fingerprint density at radius 2 is 2.00 bits per heavy atom. The molecule has 2 nitrogen and oxygen atoms in total. The Morgan fingerprint density at radius 1 is 1.35 bits per heavy atom. The lowest BCUT2D eigenvalue weighted by atomic mass is 10.0. The molecule has 0 fully saturated rings. The second-order valence-electron chi connectivity index (χ2n) is 3.63. The topological polar surface area (TPSA) is 26.3 Å². The molecule has 0 N–H and O–H groups in total. The third kappa shape index (κ3) is 3.76. The van der Waals surface area contributed by atoms with Gasteiger partial charge in [-0.25, -0.2) is 0 Å². The second-order valence-corrected chi connectivity index (χ2v) is 3.63. The van der Waals surface area contributed by atoms with Crippen molar-refractivity contribution in [1.82, 2.24) is 0 Å². The van der Waals surface area contributed by atoms with E-state index in [-0.39, 0.29) is 17.8 Å². The largest absolute Gasteiger partial charge is 0.494 e. The van der Waals surface area contributed by atoms with Crippen LogP contribution < -0.4 is 4.74 Å². The number of rotatable bonds is 4. The molecule has 0 saturated carbocycles. The Labute approximate surface area is 97.4 Å². The van der Waals surface area contributed by atoms with Crippen molar-refractivity contribution in [3.05, 3.63) is 29.3 Å². The van der Waals surface area contributed by atoms with Crippen molar-refractivity contribution in [3.63, 3.8) is 0 Å². The zero-order valence-corrected chi connectivity index (χ0v) is 9.60. The van der Waals surface area contributed by atoms with Gasteiger partial charge in [0.1, 0.15) is 11.5 Å². The van der Waals surface area contributed by atoms with Gasteiger partial charge in [-0.3, -0.25) is 4.79 Å². The van der Waals surface area contributed by atoms with Gasteiger partial charge < -0.3 is 4.74 Å². The Bertz CT molecular complexity index is 411. The van der Waals surface area contributed by atoms with Crippen LogP contribution >= 0.6 is 0 Å². The van der Waals surface area contributed by atoms with Crippen LogP contribution in [0.3, 0.4) is 0 Å². The maximum Gasteiger partial charge on any atom is 0.416 e. The van der Waals surface area contributed by atoms with Gasteiger partial charge in [-0.2, -0.15) is 13.2 Å². The summed E-state index contributed by atoms with van der Waals surface area (Å²) in [6.45, 7) is 3.40. The van der Waals surface area contributed by atoms with E-state index in [2.05, 4.69) is 0 Å². The minimum absolute atomic E-state index is 0.0563. The Morgan fingerprint density at radius 3 is 2.47 bits per heavy atom. The first-order valence-corrected chi connectivity index (χ1v) is 5.17. The smallest absolute Gasteiger partial charge is 0.416 e. The fraction of sp³-hybridized carbons (Fsp3) is 0.417. The molecule has 0 aromatic heterocycles. The first-order valence-electron chi connectivity index (χ1n) is 5.17. The molecule has 5 heteroatoms. The predicted molar refractivity (Wildman–Crippen MR) is 57.0 cm³/mol. The van der Waals surface area contributed by atoms with Crippen molar-refractivity contribution in [2.45, 2.75) is 26.4 Å². The molecule has 17 heavy (non-hydrogen) atoms. The average Bonchev–Trinajstić information content (AvgIpc) is 2.18. The van der Waals surface area contributed by atoms with Crippen LogP contribution in [0, 0.1) is 0 Å². The van der Waals surface area contributed by atoms with Crippen molar-refractivity contribution in [1.29, 1.82) is 0 Å². The minimum Gasteiger partial charge on any atom is -0.494 e. The third-order valence-corrected chi connectivity index (χ3v) is 2.13. The van der Waals surface area contributed by atoms with Crippen LogP contribution in [0.2, 0.25) is 0 Å². The molecule has 1 aromatic carbocycles. The number of hydrogen-bond donors (Lipinski definition) is 0. The van der Waals surface area contributed by atoms with Crippen LogP contribution in [0.4, 0.5) is 13.2 Å². The average molecular weight is 246 g/mol. The Hall–Kier alpha value is -1.52.